The molecule has 1 aromatic heterocycles. The fourth-order valence-corrected chi connectivity index (χ4v) is 6.23. The maximum Gasteiger partial charge on any atom is 0.678 e. The predicted molar refractivity (Wildman–Crippen MR) is 195 cm³/mol. The Bertz CT molecular complexity index is 2160. The van der Waals surface area contributed by atoms with E-state index in [1.165, 1.54) is 4.48 Å². The van der Waals surface area contributed by atoms with Crippen molar-refractivity contribution in [1.29, 1.82) is 0 Å². The predicted octanol–water partition coefficient (Wildman–Crippen LogP) is 10.6. The molecule has 234 valence electrons. The van der Waals surface area contributed by atoms with E-state index in [4.69, 9.17) is 9.73 Å². The van der Waals surface area contributed by atoms with Crippen LogP contribution in [0.2, 0.25) is 0 Å². The number of ether oxygens (including phenoxy) is 1. The van der Waals surface area contributed by atoms with Gasteiger partial charge in [-0.05, 0) is 60.4 Å². The number of hydrogen-bond acceptors (Lipinski definition) is 2. The van der Waals surface area contributed by atoms with Gasteiger partial charge in [0.1, 0.15) is 5.75 Å². The maximum absolute atomic E-state index is 15.7. The van der Waals surface area contributed by atoms with Gasteiger partial charge in [0.25, 0.3) is 0 Å². The highest BCUT2D eigenvalue weighted by molar-refractivity contribution is 6.42. The number of methoxy groups -OCH3 is 1. The Morgan fingerprint density at radius 2 is 1.21 bits per heavy atom. The van der Waals surface area contributed by atoms with Gasteiger partial charge in [-0.1, -0.05) is 132 Å². The lowest BCUT2D eigenvalue weighted by molar-refractivity contribution is 0.415. The van der Waals surface area contributed by atoms with Crippen molar-refractivity contribution in [1.82, 2.24) is 4.48 Å². The summed E-state index contributed by atoms with van der Waals surface area (Å²) in [7, 11) is -1.23. The van der Waals surface area contributed by atoms with Crippen LogP contribution in [0.15, 0.2) is 156 Å². The summed E-state index contributed by atoms with van der Waals surface area (Å²) >= 11 is 0. The number of aliphatic imine (C=N–C) groups is 1. The zero-order valence-corrected chi connectivity index (χ0v) is 27.0. The molecule has 0 saturated carbocycles. The molecule has 0 bridgehead atoms. The molecule has 0 spiro atoms. The number of nitrogens with zero attached hydrogens (tertiary/aromatic N) is 2. The fourth-order valence-electron chi connectivity index (χ4n) is 6.23. The minimum absolute atomic E-state index is 0.392. The Hall–Kier alpha value is -5.75. The van der Waals surface area contributed by atoms with Gasteiger partial charge in [-0.2, -0.15) is 0 Å². The molecule has 1 aliphatic rings. The van der Waals surface area contributed by atoms with E-state index in [-0.39, 0.29) is 0 Å². The van der Waals surface area contributed by atoms with Crippen LogP contribution in [-0.4, -0.2) is 24.7 Å². The van der Waals surface area contributed by atoms with Crippen molar-refractivity contribution in [3.05, 3.63) is 185 Å². The third-order valence-electron chi connectivity index (χ3n) is 8.72. The molecule has 48 heavy (non-hydrogen) atoms. The van der Waals surface area contributed by atoms with Crippen LogP contribution in [0.5, 0.6) is 5.75 Å². The lowest BCUT2D eigenvalue weighted by Crippen LogP contribution is -2.18. The Morgan fingerprint density at radius 3 is 1.77 bits per heavy atom. The zero-order chi connectivity index (χ0) is 33.2. The second kappa shape index (κ2) is 13.2. The van der Waals surface area contributed by atoms with Gasteiger partial charge in [0.05, 0.1) is 24.2 Å². The lowest BCUT2D eigenvalue weighted by Gasteiger charge is -2.19. The molecule has 0 radical (unpaired) electrons. The van der Waals surface area contributed by atoms with Gasteiger partial charge < -0.3 is 9.21 Å². The summed E-state index contributed by atoms with van der Waals surface area (Å²) in [4.78, 5) is 5.28. The third kappa shape index (κ3) is 5.93. The van der Waals surface area contributed by atoms with Crippen molar-refractivity contribution in [3.63, 3.8) is 0 Å². The molecular weight excluding hydrogens is 597 g/mol. The van der Waals surface area contributed by atoms with Crippen LogP contribution in [0.3, 0.4) is 0 Å². The van der Waals surface area contributed by atoms with E-state index >= 15 is 8.63 Å². The molecule has 6 aromatic rings. The average molecular weight is 631 g/mol. The van der Waals surface area contributed by atoms with E-state index in [2.05, 4.69) is 30.3 Å². The minimum Gasteiger partial charge on any atom is -0.497 e. The summed E-state index contributed by atoms with van der Waals surface area (Å²) in [5.74, 6) is 0.671. The van der Waals surface area contributed by atoms with Crippen molar-refractivity contribution in [2.24, 2.45) is 4.99 Å². The van der Waals surface area contributed by atoms with Crippen LogP contribution in [0.4, 0.5) is 8.63 Å². The van der Waals surface area contributed by atoms with E-state index in [9.17, 15) is 0 Å². The average Bonchev–Trinajstić information content (AvgIpc) is 3.74. The maximum atomic E-state index is 15.7. The zero-order valence-electron chi connectivity index (χ0n) is 27.0. The van der Waals surface area contributed by atoms with E-state index in [0.717, 1.165) is 44.7 Å². The van der Waals surface area contributed by atoms with Gasteiger partial charge in [-0.3, -0.25) is 8.63 Å². The van der Waals surface area contributed by atoms with Gasteiger partial charge in [-0.15, -0.1) is 0 Å². The second-order valence-electron chi connectivity index (χ2n) is 11.9. The molecule has 0 unspecified atom stereocenters. The Morgan fingerprint density at radius 1 is 0.646 bits per heavy atom. The summed E-state index contributed by atoms with van der Waals surface area (Å²) in [5.41, 5.74) is 10.7. The Kier molecular flexibility index (Phi) is 8.47. The highest BCUT2D eigenvalue weighted by Gasteiger charge is 2.33. The van der Waals surface area contributed by atoms with Crippen LogP contribution in [-0.2, 0) is 0 Å². The number of aromatic nitrogens is 1. The van der Waals surface area contributed by atoms with Crippen molar-refractivity contribution < 1.29 is 13.4 Å². The Labute approximate surface area is 280 Å². The van der Waals surface area contributed by atoms with Crippen LogP contribution in [0.1, 0.15) is 33.5 Å². The van der Waals surface area contributed by atoms with Crippen molar-refractivity contribution in [2.45, 2.75) is 13.8 Å². The molecule has 6 heteroatoms. The minimum atomic E-state index is -2.84. The number of allylic oxidation sites excluding steroid dienone is 2. The van der Waals surface area contributed by atoms with Gasteiger partial charge in [-0.25, -0.2) is 4.99 Å². The number of halogens is 2. The smallest absolute Gasteiger partial charge is 0.497 e. The highest BCUT2D eigenvalue weighted by Crippen LogP contribution is 2.45. The quantitative estimate of drug-likeness (QED) is 0.154. The van der Waals surface area contributed by atoms with Crippen LogP contribution in [0, 0.1) is 13.8 Å². The first-order chi connectivity index (χ1) is 23.4. The van der Waals surface area contributed by atoms with Crippen molar-refractivity contribution in [2.75, 3.05) is 7.11 Å². The normalized spacial score (nSPS) is 13.6. The van der Waals surface area contributed by atoms with E-state index in [1.54, 1.807) is 7.11 Å². The first-order valence-corrected chi connectivity index (χ1v) is 15.9. The van der Waals surface area contributed by atoms with Gasteiger partial charge in [0, 0.05) is 28.0 Å². The van der Waals surface area contributed by atoms with E-state index < -0.39 is 7.40 Å². The topological polar surface area (TPSA) is 26.5 Å². The van der Waals surface area contributed by atoms with Crippen LogP contribution >= 0.6 is 0 Å². The molecule has 0 saturated heterocycles. The standard InChI is InChI=1S/C42H33BF2N2O/c1-28-14-18-31(19-15-28)36-26-38(32-12-8-5-9-13-32)46-41(36)40(34-22-24-35(48-3)25-23-34)42-37(30-10-6-4-7-11-30)27-39(47(42)43(44)45)33-20-16-29(2)17-21-33/h4-27H,1-3H3/b41-40-. The molecule has 0 atom stereocenters. The van der Waals surface area contributed by atoms with Gasteiger partial charge in [0.2, 0.25) is 0 Å². The number of rotatable bonds is 8. The largest absolute Gasteiger partial charge is 0.678 e. The number of benzene rings is 5. The first-order valence-electron chi connectivity index (χ1n) is 15.9. The fraction of sp³-hybridized carbons (Fsp3) is 0.0714. The summed E-state index contributed by atoms with van der Waals surface area (Å²) in [5, 5.41) is 0. The van der Waals surface area contributed by atoms with Crippen molar-refractivity contribution in [3.8, 4) is 28.1 Å². The summed E-state index contributed by atoms with van der Waals surface area (Å²) in [6.07, 6.45) is 2.07. The molecule has 5 aromatic carbocycles. The van der Waals surface area contributed by atoms with Crippen LogP contribution < -0.4 is 4.74 Å². The van der Waals surface area contributed by atoms with Gasteiger partial charge >= 0.3 is 7.40 Å². The van der Waals surface area contributed by atoms with E-state index in [0.29, 0.717) is 39.5 Å². The molecule has 0 fully saturated rings. The number of aryl methyl sites for hydroxylation is 2. The molecular formula is C42H33BF2N2O. The second-order valence-corrected chi connectivity index (χ2v) is 11.9. The highest BCUT2D eigenvalue weighted by atomic mass is 19.2. The first kappa shape index (κ1) is 30.9. The molecule has 3 nitrogen and oxygen atoms in total. The summed E-state index contributed by atoms with van der Waals surface area (Å²) < 4.78 is 38.2. The molecule has 0 aliphatic carbocycles. The summed E-state index contributed by atoms with van der Waals surface area (Å²) in [6.45, 7) is 4.04. The number of hydrogen-bond donors (Lipinski definition) is 0. The van der Waals surface area contributed by atoms with Gasteiger partial charge in [0.15, 0.2) is 0 Å². The SMILES string of the molecule is COc1ccc(/C(=C2/N=C(c3ccccc3)C=C2c2ccc(C)cc2)c2c(-c3ccccc3)cc(-c3ccc(C)cc3)n2B(F)F)cc1. The Balaban J connectivity index is 1.62. The molecule has 7 rings (SSSR count). The molecule has 2 heterocycles. The third-order valence-corrected chi connectivity index (χ3v) is 8.72. The monoisotopic (exact) mass is 630 g/mol. The van der Waals surface area contributed by atoms with Crippen molar-refractivity contribution >= 4 is 24.3 Å². The molecule has 0 amide bonds. The van der Waals surface area contributed by atoms with Crippen LogP contribution in [0.25, 0.3) is 33.5 Å². The lowest BCUT2D eigenvalue weighted by atomic mass is 9.90. The molecule has 0 N–H and O–H groups in total. The van der Waals surface area contributed by atoms with E-state index in [1.807, 2.05) is 129 Å². The summed E-state index contributed by atoms with van der Waals surface area (Å²) in [6, 6.07) is 45.1. The molecule has 1 aliphatic heterocycles.